The van der Waals surface area contributed by atoms with Gasteiger partial charge in [-0.2, -0.15) is 0 Å². The van der Waals surface area contributed by atoms with E-state index in [0.29, 0.717) is 25.7 Å². The minimum atomic E-state index is 0.512. The van der Waals surface area contributed by atoms with Crippen LogP contribution < -0.4 is 10.6 Å². The van der Waals surface area contributed by atoms with Gasteiger partial charge in [-0.25, -0.2) is 4.98 Å². The standard InChI is InChI=1S/C15H19N7O/c1-20(8-12-18-19-13-9-23-7-6-22(12)13)10-4-3-5-11-14(10)17-15(16)21(11)2/h3-5H,6-9H2,1-2H3,(H2,16,17). The van der Waals surface area contributed by atoms with Crippen molar-refractivity contribution in [3.63, 3.8) is 0 Å². The summed E-state index contributed by atoms with van der Waals surface area (Å²) in [6.45, 7) is 2.69. The molecule has 0 radical (unpaired) electrons. The number of nitrogen functional groups attached to an aromatic ring is 1. The zero-order valence-electron chi connectivity index (χ0n) is 13.2. The quantitative estimate of drug-likeness (QED) is 0.773. The molecule has 2 N–H and O–H groups in total. The minimum Gasteiger partial charge on any atom is -0.372 e. The highest BCUT2D eigenvalue weighted by Gasteiger charge is 2.19. The Labute approximate surface area is 133 Å². The molecule has 0 bridgehead atoms. The van der Waals surface area contributed by atoms with Crippen molar-refractivity contribution in [3.8, 4) is 0 Å². The van der Waals surface area contributed by atoms with Gasteiger partial charge in [-0.1, -0.05) is 6.07 Å². The molecule has 1 aliphatic rings. The number of aryl methyl sites for hydroxylation is 1. The van der Waals surface area contributed by atoms with Gasteiger partial charge in [0, 0.05) is 20.6 Å². The van der Waals surface area contributed by atoms with Gasteiger partial charge in [-0.05, 0) is 12.1 Å². The number of para-hydroxylation sites is 1. The van der Waals surface area contributed by atoms with Crippen molar-refractivity contribution in [1.82, 2.24) is 24.3 Å². The molecule has 120 valence electrons. The minimum absolute atomic E-state index is 0.512. The molecule has 3 aromatic rings. The summed E-state index contributed by atoms with van der Waals surface area (Å²) >= 11 is 0. The predicted molar refractivity (Wildman–Crippen MR) is 86.9 cm³/mol. The van der Waals surface area contributed by atoms with Crippen LogP contribution in [-0.2, 0) is 31.5 Å². The molecule has 8 nitrogen and oxygen atoms in total. The first kappa shape index (κ1) is 14.0. The highest BCUT2D eigenvalue weighted by molar-refractivity contribution is 5.90. The van der Waals surface area contributed by atoms with Crippen LogP contribution in [0.15, 0.2) is 18.2 Å². The van der Waals surface area contributed by atoms with Gasteiger partial charge in [0.05, 0.1) is 24.4 Å². The lowest BCUT2D eigenvalue weighted by molar-refractivity contribution is 0.0806. The molecule has 0 spiro atoms. The number of anilines is 2. The highest BCUT2D eigenvalue weighted by atomic mass is 16.5. The van der Waals surface area contributed by atoms with Crippen molar-refractivity contribution >= 4 is 22.7 Å². The van der Waals surface area contributed by atoms with Gasteiger partial charge in [0.25, 0.3) is 0 Å². The van der Waals surface area contributed by atoms with Crippen LogP contribution in [0.2, 0.25) is 0 Å². The zero-order valence-corrected chi connectivity index (χ0v) is 13.2. The molecule has 1 aromatic carbocycles. The van der Waals surface area contributed by atoms with E-state index in [0.717, 1.165) is 34.9 Å². The van der Waals surface area contributed by atoms with E-state index in [4.69, 9.17) is 10.5 Å². The van der Waals surface area contributed by atoms with Crippen molar-refractivity contribution in [2.45, 2.75) is 19.7 Å². The molecule has 4 rings (SSSR count). The number of hydrogen-bond donors (Lipinski definition) is 1. The van der Waals surface area contributed by atoms with Crippen LogP contribution in [0.1, 0.15) is 11.6 Å². The maximum Gasteiger partial charge on any atom is 0.201 e. The Bertz CT molecular complexity index is 866. The first-order chi connectivity index (χ1) is 11.1. The van der Waals surface area contributed by atoms with E-state index in [1.54, 1.807) is 0 Å². The molecule has 3 heterocycles. The second kappa shape index (κ2) is 5.24. The monoisotopic (exact) mass is 313 g/mol. The summed E-state index contributed by atoms with van der Waals surface area (Å²) in [5, 5.41) is 8.51. The molecule has 0 amide bonds. The molecule has 0 unspecified atom stereocenters. The number of hydrogen-bond acceptors (Lipinski definition) is 6. The van der Waals surface area contributed by atoms with Crippen LogP contribution in [0.5, 0.6) is 0 Å². The van der Waals surface area contributed by atoms with E-state index in [1.165, 1.54) is 0 Å². The van der Waals surface area contributed by atoms with Crippen molar-refractivity contribution in [3.05, 3.63) is 29.8 Å². The molecule has 2 aromatic heterocycles. The smallest absolute Gasteiger partial charge is 0.201 e. The molecule has 0 saturated carbocycles. The maximum absolute atomic E-state index is 5.94. The number of fused-ring (bicyclic) bond motifs is 2. The second-order valence-electron chi connectivity index (χ2n) is 5.77. The Morgan fingerprint density at radius 1 is 1.35 bits per heavy atom. The Balaban J connectivity index is 1.68. The topological polar surface area (TPSA) is 87.0 Å². The van der Waals surface area contributed by atoms with E-state index < -0.39 is 0 Å². The largest absolute Gasteiger partial charge is 0.372 e. The van der Waals surface area contributed by atoms with Gasteiger partial charge in [0.1, 0.15) is 12.1 Å². The average molecular weight is 313 g/mol. The third kappa shape index (κ3) is 2.22. The van der Waals surface area contributed by atoms with Crippen LogP contribution in [0.25, 0.3) is 11.0 Å². The summed E-state index contributed by atoms with van der Waals surface area (Å²) in [5.41, 5.74) is 8.89. The number of aromatic nitrogens is 5. The lowest BCUT2D eigenvalue weighted by Gasteiger charge is -2.21. The Morgan fingerprint density at radius 2 is 2.22 bits per heavy atom. The van der Waals surface area contributed by atoms with E-state index >= 15 is 0 Å². The average Bonchev–Trinajstić information content (AvgIpc) is 3.09. The maximum atomic E-state index is 5.94. The Morgan fingerprint density at radius 3 is 3.09 bits per heavy atom. The number of nitrogens with zero attached hydrogens (tertiary/aromatic N) is 6. The number of ether oxygens (including phenoxy) is 1. The van der Waals surface area contributed by atoms with Crippen molar-refractivity contribution in [1.29, 1.82) is 0 Å². The number of imidazole rings is 1. The molecular formula is C15H19N7O. The molecular weight excluding hydrogens is 294 g/mol. The van der Waals surface area contributed by atoms with Crippen LogP contribution in [0.3, 0.4) is 0 Å². The lowest BCUT2D eigenvalue weighted by Crippen LogP contribution is -2.23. The molecule has 8 heteroatoms. The number of rotatable bonds is 3. The highest BCUT2D eigenvalue weighted by Crippen LogP contribution is 2.27. The van der Waals surface area contributed by atoms with Crippen molar-refractivity contribution < 1.29 is 4.74 Å². The first-order valence-corrected chi connectivity index (χ1v) is 7.56. The van der Waals surface area contributed by atoms with Gasteiger partial charge >= 0.3 is 0 Å². The lowest BCUT2D eigenvalue weighted by atomic mass is 10.2. The van der Waals surface area contributed by atoms with Crippen LogP contribution in [-0.4, -0.2) is 38.0 Å². The summed E-state index contributed by atoms with van der Waals surface area (Å²) in [6.07, 6.45) is 0. The predicted octanol–water partition coefficient (Wildman–Crippen LogP) is 0.914. The summed E-state index contributed by atoms with van der Waals surface area (Å²) < 4.78 is 9.43. The fourth-order valence-corrected chi connectivity index (χ4v) is 3.00. The number of benzene rings is 1. The third-order valence-electron chi connectivity index (χ3n) is 4.31. The van der Waals surface area contributed by atoms with Crippen LogP contribution >= 0.6 is 0 Å². The fourth-order valence-electron chi connectivity index (χ4n) is 3.00. The van der Waals surface area contributed by atoms with Crippen LogP contribution in [0, 0.1) is 0 Å². The molecule has 0 atom stereocenters. The van der Waals surface area contributed by atoms with Crippen LogP contribution in [0.4, 0.5) is 11.6 Å². The summed E-state index contributed by atoms with van der Waals surface area (Å²) in [7, 11) is 3.95. The van der Waals surface area contributed by atoms with E-state index in [9.17, 15) is 0 Å². The second-order valence-corrected chi connectivity index (χ2v) is 5.77. The van der Waals surface area contributed by atoms with Gasteiger partial charge in [-0.3, -0.25) is 0 Å². The molecule has 23 heavy (non-hydrogen) atoms. The van der Waals surface area contributed by atoms with Gasteiger partial charge < -0.3 is 24.5 Å². The fraction of sp³-hybridized carbons (Fsp3) is 0.400. The molecule has 0 fully saturated rings. The van der Waals surface area contributed by atoms with Gasteiger partial charge in [0.2, 0.25) is 5.95 Å². The summed E-state index contributed by atoms with van der Waals surface area (Å²) in [5.74, 6) is 2.34. The summed E-state index contributed by atoms with van der Waals surface area (Å²) in [4.78, 5) is 6.61. The van der Waals surface area contributed by atoms with Gasteiger partial charge in [-0.15, -0.1) is 10.2 Å². The third-order valence-corrected chi connectivity index (χ3v) is 4.31. The molecule has 0 aliphatic carbocycles. The van der Waals surface area contributed by atoms with Crippen molar-refractivity contribution in [2.24, 2.45) is 7.05 Å². The molecule has 0 saturated heterocycles. The molecule has 1 aliphatic heterocycles. The summed E-state index contributed by atoms with van der Waals surface area (Å²) in [6, 6.07) is 6.08. The zero-order chi connectivity index (χ0) is 16.0. The SMILES string of the molecule is CN(Cc1nnc2n1CCOC2)c1cccc2c1nc(N)n2C. The van der Waals surface area contributed by atoms with E-state index in [-0.39, 0.29) is 0 Å². The Kier molecular flexibility index (Phi) is 3.19. The number of nitrogens with two attached hydrogens (primary N) is 1. The van der Waals surface area contributed by atoms with Crippen molar-refractivity contribution in [2.75, 3.05) is 24.3 Å². The van der Waals surface area contributed by atoms with Gasteiger partial charge in [0.15, 0.2) is 11.6 Å². The van der Waals surface area contributed by atoms with E-state index in [1.807, 2.05) is 36.9 Å². The Hall–Kier alpha value is -2.61. The van der Waals surface area contributed by atoms with E-state index in [2.05, 4.69) is 24.6 Å². The first-order valence-electron chi connectivity index (χ1n) is 7.56. The normalized spacial score (nSPS) is 14.2.